The first-order chi connectivity index (χ1) is 8.78. The number of rotatable bonds is 1. The number of ether oxygens (including phenoxy) is 1. The Kier molecular flexibility index (Phi) is 2.74. The van der Waals surface area contributed by atoms with E-state index in [1.165, 1.54) is 6.33 Å². The number of halogens is 1. The van der Waals surface area contributed by atoms with E-state index in [1.54, 1.807) is 10.6 Å². The highest BCUT2D eigenvalue weighted by Gasteiger charge is 2.23. The lowest BCUT2D eigenvalue weighted by atomic mass is 10.3. The van der Waals surface area contributed by atoms with Crippen molar-refractivity contribution in [1.82, 2.24) is 19.6 Å². The van der Waals surface area contributed by atoms with Crippen molar-refractivity contribution >= 4 is 23.2 Å². The van der Waals surface area contributed by atoms with Crippen molar-refractivity contribution in [3.63, 3.8) is 0 Å². The Balaban J connectivity index is 2.03. The number of nitrogens with zero attached hydrogens (tertiary/aromatic N) is 6. The SMILES string of the molecule is N#CC1CN(c2cc(Cl)nc3ncnn23)CCO1. The van der Waals surface area contributed by atoms with Crippen LogP contribution in [0.2, 0.25) is 5.15 Å². The van der Waals surface area contributed by atoms with E-state index in [0.717, 1.165) is 5.82 Å². The minimum Gasteiger partial charge on any atom is -0.360 e. The first-order valence-electron chi connectivity index (χ1n) is 5.40. The number of nitriles is 1. The molecule has 1 saturated heterocycles. The van der Waals surface area contributed by atoms with Gasteiger partial charge in [0.25, 0.3) is 5.78 Å². The number of aromatic nitrogens is 4. The third-order valence-electron chi connectivity index (χ3n) is 2.74. The van der Waals surface area contributed by atoms with Gasteiger partial charge < -0.3 is 9.64 Å². The maximum absolute atomic E-state index is 8.91. The van der Waals surface area contributed by atoms with Gasteiger partial charge in [0, 0.05) is 12.6 Å². The minimum atomic E-state index is -0.440. The van der Waals surface area contributed by atoms with Crippen LogP contribution in [0.5, 0.6) is 0 Å². The van der Waals surface area contributed by atoms with Crippen LogP contribution in [0.1, 0.15) is 0 Å². The maximum Gasteiger partial charge on any atom is 0.255 e. The molecule has 8 heteroatoms. The molecule has 18 heavy (non-hydrogen) atoms. The maximum atomic E-state index is 8.91. The number of morpholine rings is 1. The second-order valence-corrected chi connectivity index (χ2v) is 4.23. The van der Waals surface area contributed by atoms with Crippen LogP contribution in [0.4, 0.5) is 5.82 Å². The molecule has 0 saturated carbocycles. The second kappa shape index (κ2) is 4.40. The van der Waals surface area contributed by atoms with Gasteiger partial charge in [0.15, 0.2) is 6.10 Å². The molecule has 0 amide bonds. The van der Waals surface area contributed by atoms with Crippen LogP contribution >= 0.6 is 11.6 Å². The van der Waals surface area contributed by atoms with Gasteiger partial charge >= 0.3 is 0 Å². The van der Waals surface area contributed by atoms with E-state index < -0.39 is 6.10 Å². The first kappa shape index (κ1) is 11.2. The van der Waals surface area contributed by atoms with Crippen LogP contribution < -0.4 is 4.90 Å². The Morgan fingerprint density at radius 3 is 3.28 bits per heavy atom. The van der Waals surface area contributed by atoms with Gasteiger partial charge in [-0.1, -0.05) is 11.6 Å². The molecule has 0 aliphatic carbocycles. The molecule has 2 aromatic rings. The third kappa shape index (κ3) is 1.85. The molecule has 0 radical (unpaired) electrons. The van der Waals surface area contributed by atoms with E-state index in [1.807, 2.05) is 4.90 Å². The Labute approximate surface area is 108 Å². The molecule has 1 aliphatic rings. The van der Waals surface area contributed by atoms with Crippen LogP contribution in [0, 0.1) is 11.3 Å². The van der Waals surface area contributed by atoms with Crippen LogP contribution in [-0.4, -0.2) is 45.4 Å². The molecular formula is C10H9ClN6O. The van der Waals surface area contributed by atoms with Crippen molar-refractivity contribution in [3.05, 3.63) is 17.5 Å². The summed E-state index contributed by atoms with van der Waals surface area (Å²) in [7, 11) is 0. The predicted molar refractivity (Wildman–Crippen MR) is 63.4 cm³/mol. The lowest BCUT2D eigenvalue weighted by Crippen LogP contribution is -2.42. The predicted octanol–water partition coefficient (Wildman–Crippen LogP) is 0.506. The molecule has 7 nitrogen and oxygen atoms in total. The molecule has 0 spiro atoms. The highest BCUT2D eigenvalue weighted by molar-refractivity contribution is 6.29. The number of anilines is 1. The Morgan fingerprint density at radius 2 is 2.44 bits per heavy atom. The third-order valence-corrected chi connectivity index (χ3v) is 2.93. The van der Waals surface area contributed by atoms with Gasteiger partial charge in [0.05, 0.1) is 19.2 Å². The number of hydrogen-bond acceptors (Lipinski definition) is 6. The van der Waals surface area contributed by atoms with Crippen molar-refractivity contribution in [2.45, 2.75) is 6.10 Å². The van der Waals surface area contributed by atoms with Gasteiger partial charge in [-0.05, 0) is 0 Å². The van der Waals surface area contributed by atoms with Crippen molar-refractivity contribution in [2.75, 3.05) is 24.6 Å². The molecule has 3 rings (SSSR count). The highest BCUT2D eigenvalue weighted by atomic mass is 35.5. The fraction of sp³-hybridized carbons (Fsp3) is 0.400. The van der Waals surface area contributed by atoms with Crippen LogP contribution in [-0.2, 0) is 4.74 Å². The van der Waals surface area contributed by atoms with E-state index in [9.17, 15) is 0 Å². The van der Waals surface area contributed by atoms with Crippen molar-refractivity contribution < 1.29 is 4.74 Å². The van der Waals surface area contributed by atoms with Gasteiger partial charge in [0.1, 0.15) is 17.3 Å². The standard InChI is InChI=1S/C10H9ClN6O/c11-8-3-9(17-10(15-8)13-6-14-17)16-1-2-18-7(4-12)5-16/h3,6-7H,1-2,5H2. The lowest BCUT2D eigenvalue weighted by molar-refractivity contribution is 0.0760. The van der Waals surface area contributed by atoms with Gasteiger partial charge in [-0.25, -0.2) is 0 Å². The fourth-order valence-corrected chi connectivity index (χ4v) is 2.10. The average Bonchev–Trinajstić information content (AvgIpc) is 2.85. The first-order valence-corrected chi connectivity index (χ1v) is 5.78. The molecule has 1 unspecified atom stereocenters. The molecule has 1 aliphatic heterocycles. The summed E-state index contributed by atoms with van der Waals surface area (Å²) in [6, 6.07) is 3.81. The smallest absolute Gasteiger partial charge is 0.255 e. The minimum absolute atomic E-state index is 0.352. The summed E-state index contributed by atoms with van der Waals surface area (Å²) in [5, 5.41) is 13.4. The topological polar surface area (TPSA) is 79.3 Å². The molecule has 92 valence electrons. The highest BCUT2D eigenvalue weighted by Crippen LogP contribution is 2.21. The van der Waals surface area contributed by atoms with E-state index in [0.29, 0.717) is 30.6 Å². The largest absolute Gasteiger partial charge is 0.360 e. The summed E-state index contributed by atoms with van der Waals surface area (Å²) in [5.74, 6) is 1.21. The lowest BCUT2D eigenvalue weighted by Gasteiger charge is -2.31. The van der Waals surface area contributed by atoms with E-state index >= 15 is 0 Å². The summed E-state index contributed by atoms with van der Waals surface area (Å²) < 4.78 is 6.91. The molecule has 1 fully saturated rings. The summed E-state index contributed by atoms with van der Waals surface area (Å²) >= 11 is 5.96. The fourth-order valence-electron chi connectivity index (χ4n) is 1.93. The van der Waals surface area contributed by atoms with Crippen LogP contribution in [0.3, 0.4) is 0 Å². The van der Waals surface area contributed by atoms with Gasteiger partial charge in [-0.15, -0.1) is 0 Å². The van der Waals surface area contributed by atoms with Crippen molar-refractivity contribution in [1.29, 1.82) is 5.26 Å². The Morgan fingerprint density at radius 1 is 1.56 bits per heavy atom. The molecule has 0 bridgehead atoms. The van der Waals surface area contributed by atoms with E-state index in [2.05, 4.69) is 21.1 Å². The molecule has 2 aromatic heterocycles. The van der Waals surface area contributed by atoms with E-state index in [-0.39, 0.29) is 0 Å². The van der Waals surface area contributed by atoms with Crippen molar-refractivity contribution in [2.24, 2.45) is 0 Å². The average molecular weight is 265 g/mol. The molecule has 0 N–H and O–H groups in total. The molecule has 0 aromatic carbocycles. The Hall–Kier alpha value is -1.91. The van der Waals surface area contributed by atoms with Gasteiger partial charge in [0.2, 0.25) is 0 Å². The zero-order valence-electron chi connectivity index (χ0n) is 9.32. The normalized spacial score (nSPS) is 20.0. The van der Waals surface area contributed by atoms with Gasteiger partial charge in [-0.3, -0.25) is 0 Å². The Bertz CT molecular complexity index is 620. The number of hydrogen-bond donors (Lipinski definition) is 0. The zero-order chi connectivity index (χ0) is 12.5. The molecular weight excluding hydrogens is 256 g/mol. The molecule has 1 atom stereocenters. The zero-order valence-corrected chi connectivity index (χ0v) is 10.1. The van der Waals surface area contributed by atoms with Crippen LogP contribution in [0.25, 0.3) is 5.78 Å². The van der Waals surface area contributed by atoms with Gasteiger partial charge in [-0.2, -0.15) is 24.8 Å². The molecule has 3 heterocycles. The van der Waals surface area contributed by atoms with Crippen LogP contribution in [0.15, 0.2) is 12.4 Å². The summed E-state index contributed by atoms with van der Waals surface area (Å²) in [5.41, 5.74) is 0. The summed E-state index contributed by atoms with van der Waals surface area (Å²) in [4.78, 5) is 10.1. The quantitative estimate of drug-likeness (QED) is 0.698. The summed E-state index contributed by atoms with van der Waals surface area (Å²) in [6.07, 6.45) is 0.981. The summed E-state index contributed by atoms with van der Waals surface area (Å²) in [6.45, 7) is 1.65. The second-order valence-electron chi connectivity index (χ2n) is 3.84. The number of fused-ring (bicyclic) bond motifs is 1. The monoisotopic (exact) mass is 264 g/mol. The van der Waals surface area contributed by atoms with E-state index in [4.69, 9.17) is 21.6 Å². The van der Waals surface area contributed by atoms with Crippen molar-refractivity contribution in [3.8, 4) is 6.07 Å².